The number of rotatable bonds is 2. The maximum Gasteiger partial charge on any atom is 0.230 e. The van der Waals surface area contributed by atoms with Gasteiger partial charge < -0.3 is 14.5 Å². The molecule has 5 nitrogen and oxygen atoms in total. The number of likely N-dealkylation sites (tertiary alicyclic amines) is 1. The fraction of sp³-hybridized carbons (Fsp3) is 0.667. The molecule has 2 rings (SSSR count). The molecule has 0 radical (unpaired) electrons. The van der Waals surface area contributed by atoms with Crippen molar-refractivity contribution in [1.29, 1.82) is 0 Å². The van der Waals surface area contributed by atoms with E-state index in [1.54, 1.807) is 11.0 Å². The van der Waals surface area contributed by atoms with E-state index in [4.69, 9.17) is 4.52 Å². The van der Waals surface area contributed by atoms with Crippen LogP contribution in [0.2, 0.25) is 0 Å². The van der Waals surface area contributed by atoms with Gasteiger partial charge in [-0.1, -0.05) is 5.16 Å². The van der Waals surface area contributed by atoms with Crippen LogP contribution in [0.1, 0.15) is 30.7 Å². The van der Waals surface area contributed by atoms with Crippen LogP contribution >= 0.6 is 0 Å². The lowest BCUT2D eigenvalue weighted by Gasteiger charge is -2.19. The maximum atomic E-state index is 12.0. The fourth-order valence-corrected chi connectivity index (χ4v) is 2.09. The van der Waals surface area contributed by atoms with Gasteiger partial charge in [-0.15, -0.1) is 0 Å². The first-order valence-electron chi connectivity index (χ1n) is 6.03. The molecule has 1 saturated heterocycles. The predicted octanol–water partition coefficient (Wildman–Crippen LogP) is 0.899. The van der Waals surface area contributed by atoms with E-state index in [2.05, 4.69) is 5.16 Å². The molecule has 0 aliphatic carbocycles. The highest BCUT2D eigenvalue weighted by Crippen LogP contribution is 2.12. The Morgan fingerprint density at radius 3 is 3.12 bits per heavy atom. The van der Waals surface area contributed by atoms with Crippen molar-refractivity contribution in [2.24, 2.45) is 0 Å². The molecule has 0 aromatic carbocycles. The molecule has 1 fully saturated rings. The van der Waals surface area contributed by atoms with Crippen molar-refractivity contribution in [3.8, 4) is 0 Å². The summed E-state index contributed by atoms with van der Waals surface area (Å²) in [5.41, 5.74) is 0.791. The predicted molar refractivity (Wildman–Crippen MR) is 61.4 cm³/mol. The number of amides is 1. The normalized spacial score (nSPS) is 21.3. The molecule has 0 unspecified atom stereocenters. The van der Waals surface area contributed by atoms with Crippen molar-refractivity contribution in [3.05, 3.63) is 17.5 Å². The van der Waals surface area contributed by atoms with Gasteiger partial charge in [-0.2, -0.15) is 0 Å². The Kier molecular flexibility index (Phi) is 3.78. The molecule has 0 bridgehead atoms. The van der Waals surface area contributed by atoms with Gasteiger partial charge >= 0.3 is 0 Å². The summed E-state index contributed by atoms with van der Waals surface area (Å²) in [6.07, 6.45) is 2.31. The quantitative estimate of drug-likeness (QED) is 0.831. The smallest absolute Gasteiger partial charge is 0.230 e. The lowest BCUT2D eigenvalue weighted by atomic mass is 10.2. The second kappa shape index (κ2) is 5.31. The van der Waals surface area contributed by atoms with E-state index in [0.29, 0.717) is 18.7 Å². The van der Waals surface area contributed by atoms with Crippen LogP contribution in [0.5, 0.6) is 0 Å². The number of aliphatic hydroxyl groups excluding tert-OH is 1. The van der Waals surface area contributed by atoms with Crippen molar-refractivity contribution < 1.29 is 14.4 Å². The average molecular weight is 238 g/mol. The van der Waals surface area contributed by atoms with Gasteiger partial charge in [-0.3, -0.25) is 4.79 Å². The number of aromatic nitrogens is 1. The van der Waals surface area contributed by atoms with Crippen molar-refractivity contribution in [2.75, 3.05) is 13.1 Å². The van der Waals surface area contributed by atoms with E-state index in [-0.39, 0.29) is 18.4 Å². The molecule has 17 heavy (non-hydrogen) atoms. The number of aliphatic hydroxyl groups is 1. The SMILES string of the molecule is Cc1cc(CC(=O)N2CCC[C@H](O)CC2)on1. The lowest BCUT2D eigenvalue weighted by Crippen LogP contribution is -2.33. The van der Waals surface area contributed by atoms with Crippen LogP contribution in [-0.4, -0.2) is 40.3 Å². The second-order valence-electron chi connectivity index (χ2n) is 4.58. The summed E-state index contributed by atoms with van der Waals surface area (Å²) in [5, 5.41) is 13.3. The van der Waals surface area contributed by atoms with E-state index < -0.39 is 0 Å². The minimum Gasteiger partial charge on any atom is -0.393 e. The minimum absolute atomic E-state index is 0.0512. The zero-order chi connectivity index (χ0) is 12.3. The van der Waals surface area contributed by atoms with Crippen molar-refractivity contribution in [2.45, 2.75) is 38.7 Å². The van der Waals surface area contributed by atoms with Crippen LogP contribution in [0.4, 0.5) is 0 Å². The number of carbonyl (C=O) groups is 1. The lowest BCUT2D eigenvalue weighted by molar-refractivity contribution is -0.130. The first-order valence-corrected chi connectivity index (χ1v) is 6.03. The number of hydrogen-bond acceptors (Lipinski definition) is 4. The molecule has 1 atom stereocenters. The summed E-state index contributed by atoms with van der Waals surface area (Å²) in [4.78, 5) is 13.8. The first kappa shape index (κ1) is 12.1. The molecular weight excluding hydrogens is 220 g/mol. The van der Waals surface area contributed by atoms with E-state index in [1.807, 2.05) is 6.92 Å². The molecule has 0 spiro atoms. The van der Waals surface area contributed by atoms with Crippen molar-refractivity contribution in [3.63, 3.8) is 0 Å². The summed E-state index contributed by atoms with van der Waals surface area (Å²) >= 11 is 0. The van der Waals surface area contributed by atoms with Crippen LogP contribution in [0.15, 0.2) is 10.6 Å². The van der Waals surface area contributed by atoms with E-state index >= 15 is 0 Å². The van der Waals surface area contributed by atoms with Crippen LogP contribution < -0.4 is 0 Å². The molecule has 94 valence electrons. The molecular formula is C12H18N2O3. The van der Waals surface area contributed by atoms with Crippen LogP contribution in [0.3, 0.4) is 0 Å². The molecule has 2 heterocycles. The molecule has 1 amide bonds. The zero-order valence-electron chi connectivity index (χ0n) is 10.1. The van der Waals surface area contributed by atoms with Crippen LogP contribution in [0, 0.1) is 6.92 Å². The van der Waals surface area contributed by atoms with Crippen LogP contribution in [-0.2, 0) is 11.2 Å². The standard InChI is InChI=1S/C12H18N2O3/c1-9-7-11(17-13-9)8-12(16)14-5-2-3-10(15)4-6-14/h7,10,15H,2-6,8H2,1H3/t10-/m0/s1. The summed E-state index contributed by atoms with van der Waals surface area (Å²) in [5.74, 6) is 0.660. The van der Waals surface area contributed by atoms with Gasteiger partial charge in [-0.25, -0.2) is 0 Å². The summed E-state index contributed by atoms with van der Waals surface area (Å²) < 4.78 is 5.03. The third kappa shape index (κ3) is 3.30. The molecule has 5 heteroatoms. The molecule has 1 aliphatic rings. The van der Waals surface area contributed by atoms with Crippen molar-refractivity contribution >= 4 is 5.91 Å². The highest BCUT2D eigenvalue weighted by Gasteiger charge is 2.20. The van der Waals surface area contributed by atoms with Crippen LogP contribution in [0.25, 0.3) is 0 Å². The topological polar surface area (TPSA) is 66.6 Å². The Morgan fingerprint density at radius 2 is 2.41 bits per heavy atom. The highest BCUT2D eigenvalue weighted by molar-refractivity contribution is 5.78. The Balaban J connectivity index is 1.91. The van der Waals surface area contributed by atoms with Gasteiger partial charge in [0.15, 0.2) is 0 Å². The summed E-state index contributed by atoms with van der Waals surface area (Å²) in [6.45, 7) is 3.19. The summed E-state index contributed by atoms with van der Waals surface area (Å²) in [7, 11) is 0. The molecule has 1 aromatic rings. The fourth-order valence-electron chi connectivity index (χ4n) is 2.09. The monoisotopic (exact) mass is 238 g/mol. The maximum absolute atomic E-state index is 12.0. The van der Waals surface area contributed by atoms with Gasteiger partial charge in [0.2, 0.25) is 5.91 Å². The Labute approximate surface area is 100 Å². The second-order valence-corrected chi connectivity index (χ2v) is 4.58. The Hall–Kier alpha value is -1.36. The number of carbonyl (C=O) groups excluding carboxylic acids is 1. The molecule has 1 aromatic heterocycles. The number of aryl methyl sites for hydroxylation is 1. The van der Waals surface area contributed by atoms with Gasteiger partial charge in [0, 0.05) is 19.2 Å². The Bertz CT molecular complexity index is 389. The number of nitrogens with zero attached hydrogens (tertiary/aromatic N) is 2. The first-order chi connectivity index (χ1) is 8.15. The molecule has 0 saturated carbocycles. The number of hydrogen-bond donors (Lipinski definition) is 1. The zero-order valence-corrected chi connectivity index (χ0v) is 10.1. The minimum atomic E-state index is -0.264. The highest BCUT2D eigenvalue weighted by atomic mass is 16.5. The van der Waals surface area contributed by atoms with Crippen molar-refractivity contribution in [1.82, 2.24) is 10.1 Å². The van der Waals surface area contributed by atoms with E-state index in [0.717, 1.165) is 25.1 Å². The third-order valence-corrected chi connectivity index (χ3v) is 3.05. The van der Waals surface area contributed by atoms with E-state index in [9.17, 15) is 9.90 Å². The Morgan fingerprint density at radius 1 is 1.59 bits per heavy atom. The third-order valence-electron chi connectivity index (χ3n) is 3.05. The van der Waals surface area contributed by atoms with E-state index in [1.165, 1.54) is 0 Å². The van der Waals surface area contributed by atoms with Gasteiger partial charge in [0.25, 0.3) is 0 Å². The molecule has 1 N–H and O–H groups in total. The van der Waals surface area contributed by atoms with Gasteiger partial charge in [0.1, 0.15) is 5.76 Å². The molecule has 1 aliphatic heterocycles. The van der Waals surface area contributed by atoms with Gasteiger partial charge in [-0.05, 0) is 26.2 Å². The summed E-state index contributed by atoms with van der Waals surface area (Å²) in [6, 6.07) is 1.78. The average Bonchev–Trinajstić information content (AvgIpc) is 2.56. The van der Waals surface area contributed by atoms with Gasteiger partial charge in [0.05, 0.1) is 18.2 Å². The largest absolute Gasteiger partial charge is 0.393 e.